The van der Waals surface area contributed by atoms with Crippen molar-refractivity contribution in [2.45, 2.75) is 11.1 Å². The highest BCUT2D eigenvalue weighted by molar-refractivity contribution is 7.89. The van der Waals surface area contributed by atoms with Gasteiger partial charge in [-0.2, -0.15) is 13.2 Å². The number of nitrogens with one attached hydrogen (secondary N) is 1. The van der Waals surface area contributed by atoms with Gasteiger partial charge in [-0.15, -0.1) is 0 Å². The smallest absolute Gasteiger partial charge is 0.397 e. The number of nitrogens with zero attached hydrogens (tertiary/aromatic N) is 1. The van der Waals surface area contributed by atoms with Gasteiger partial charge in [0.15, 0.2) is 0 Å². The highest BCUT2D eigenvalue weighted by atomic mass is 32.2. The summed E-state index contributed by atoms with van der Waals surface area (Å²) in [6.07, 6.45) is -4.41. The van der Waals surface area contributed by atoms with E-state index in [1.165, 1.54) is 26.2 Å². The molecule has 0 heterocycles. The van der Waals surface area contributed by atoms with Gasteiger partial charge in [-0.05, 0) is 18.2 Å². The van der Waals surface area contributed by atoms with Gasteiger partial charge in [0.1, 0.15) is 6.54 Å². The van der Waals surface area contributed by atoms with E-state index in [0.717, 1.165) is 10.4 Å². The Morgan fingerprint density at radius 2 is 1.89 bits per heavy atom. The highest BCUT2D eigenvalue weighted by Crippen LogP contribution is 2.25. The molecule has 5 nitrogen and oxygen atoms in total. The summed E-state index contributed by atoms with van der Waals surface area (Å²) in [6, 6.07) is 3.56. The van der Waals surface area contributed by atoms with Crippen LogP contribution in [0.2, 0.25) is 0 Å². The van der Waals surface area contributed by atoms with E-state index < -0.39 is 22.7 Å². The summed E-state index contributed by atoms with van der Waals surface area (Å²) in [5.74, 6) is 0. The molecular weight excluding hydrogens is 283 g/mol. The van der Waals surface area contributed by atoms with E-state index >= 15 is 0 Å². The molecule has 9 heteroatoms. The summed E-state index contributed by atoms with van der Waals surface area (Å²) in [5.41, 5.74) is 5.47. The van der Waals surface area contributed by atoms with Crippen LogP contribution in [0.15, 0.2) is 23.1 Å². The summed E-state index contributed by atoms with van der Waals surface area (Å²) in [5, 5.41) is 2.07. The van der Waals surface area contributed by atoms with Crippen LogP contribution in [-0.4, -0.2) is 39.5 Å². The Bertz CT molecular complexity index is 556. The van der Waals surface area contributed by atoms with Crippen molar-refractivity contribution in [3.05, 3.63) is 18.2 Å². The molecule has 0 aromatic heterocycles. The van der Waals surface area contributed by atoms with Gasteiger partial charge in [0.2, 0.25) is 10.0 Å². The number of nitrogens with two attached hydrogens (primary N) is 1. The van der Waals surface area contributed by atoms with Crippen molar-refractivity contribution in [3.8, 4) is 0 Å². The van der Waals surface area contributed by atoms with Gasteiger partial charge in [0, 0.05) is 14.1 Å². The summed E-state index contributed by atoms with van der Waals surface area (Å²) in [6.45, 7) is -1.29. The van der Waals surface area contributed by atoms with Crippen molar-refractivity contribution in [2.24, 2.45) is 0 Å². The summed E-state index contributed by atoms with van der Waals surface area (Å²) in [4.78, 5) is -0.128. The first kappa shape index (κ1) is 15.6. The zero-order chi connectivity index (χ0) is 14.8. The molecular formula is C10H14F3N3O2S. The van der Waals surface area contributed by atoms with E-state index in [1.54, 1.807) is 0 Å². The van der Waals surface area contributed by atoms with Crippen LogP contribution in [-0.2, 0) is 10.0 Å². The van der Waals surface area contributed by atoms with E-state index in [2.05, 4.69) is 5.32 Å². The first-order chi connectivity index (χ1) is 8.54. The fourth-order valence-corrected chi connectivity index (χ4v) is 2.18. The molecule has 0 aliphatic rings. The topological polar surface area (TPSA) is 75.4 Å². The Labute approximate surface area is 109 Å². The maximum absolute atomic E-state index is 12.1. The van der Waals surface area contributed by atoms with Gasteiger partial charge in [-0.25, -0.2) is 12.7 Å². The molecule has 3 N–H and O–H groups in total. The molecule has 0 radical (unpaired) electrons. The van der Waals surface area contributed by atoms with Crippen LogP contribution in [0.1, 0.15) is 0 Å². The molecule has 0 amide bonds. The fraction of sp³-hybridized carbons (Fsp3) is 0.400. The minimum Gasteiger partial charge on any atom is -0.397 e. The normalized spacial score (nSPS) is 12.7. The number of hydrogen-bond donors (Lipinski definition) is 2. The van der Waals surface area contributed by atoms with Crippen molar-refractivity contribution in [3.63, 3.8) is 0 Å². The fourth-order valence-electron chi connectivity index (χ4n) is 1.26. The maximum Gasteiger partial charge on any atom is 0.405 e. The number of rotatable bonds is 4. The minimum absolute atomic E-state index is 0.0435. The lowest BCUT2D eigenvalue weighted by molar-refractivity contribution is -0.115. The van der Waals surface area contributed by atoms with Crippen LogP contribution in [0.25, 0.3) is 0 Å². The molecule has 0 atom stereocenters. The number of sulfonamides is 1. The van der Waals surface area contributed by atoms with Gasteiger partial charge < -0.3 is 11.1 Å². The molecule has 0 fully saturated rings. The molecule has 1 rings (SSSR count). The Morgan fingerprint density at radius 3 is 2.37 bits per heavy atom. The molecule has 0 saturated heterocycles. The Balaban J connectivity index is 3.08. The average molecular weight is 297 g/mol. The molecule has 0 aliphatic heterocycles. The van der Waals surface area contributed by atoms with Crippen molar-refractivity contribution in [1.29, 1.82) is 0 Å². The lowest BCUT2D eigenvalue weighted by Gasteiger charge is -2.15. The molecule has 19 heavy (non-hydrogen) atoms. The van der Waals surface area contributed by atoms with Gasteiger partial charge in [0.25, 0.3) is 0 Å². The number of anilines is 2. The first-order valence-corrected chi connectivity index (χ1v) is 6.61. The second kappa shape index (κ2) is 5.25. The quantitative estimate of drug-likeness (QED) is 0.826. The predicted octanol–water partition coefficient (Wildman–Crippen LogP) is 1.49. The second-order valence-corrected chi connectivity index (χ2v) is 6.16. The van der Waals surface area contributed by atoms with Gasteiger partial charge in [-0.3, -0.25) is 0 Å². The molecule has 1 aromatic rings. The molecule has 0 bridgehead atoms. The van der Waals surface area contributed by atoms with Crippen molar-refractivity contribution in [1.82, 2.24) is 4.31 Å². The summed E-state index contributed by atoms with van der Waals surface area (Å²) >= 11 is 0. The van der Waals surface area contributed by atoms with Crippen molar-refractivity contribution >= 4 is 21.4 Å². The van der Waals surface area contributed by atoms with E-state index in [4.69, 9.17) is 5.73 Å². The van der Waals surface area contributed by atoms with Gasteiger partial charge in [-0.1, -0.05) is 0 Å². The van der Waals surface area contributed by atoms with Crippen LogP contribution < -0.4 is 11.1 Å². The lowest BCUT2D eigenvalue weighted by atomic mass is 10.2. The molecule has 0 saturated carbocycles. The number of hydrogen-bond acceptors (Lipinski definition) is 4. The predicted molar refractivity (Wildman–Crippen MR) is 66.3 cm³/mol. The molecule has 0 unspecified atom stereocenters. The Hall–Kier alpha value is -1.48. The third kappa shape index (κ3) is 4.00. The number of alkyl halides is 3. The third-order valence-corrected chi connectivity index (χ3v) is 4.09. The number of halogens is 3. The highest BCUT2D eigenvalue weighted by Gasteiger charge is 2.27. The zero-order valence-corrected chi connectivity index (χ0v) is 11.1. The third-order valence-electron chi connectivity index (χ3n) is 2.28. The SMILES string of the molecule is CN(C)S(=O)(=O)c1ccc(N)c(NCC(F)(F)F)c1. The van der Waals surface area contributed by atoms with Gasteiger partial charge in [0.05, 0.1) is 16.3 Å². The van der Waals surface area contributed by atoms with Crippen LogP contribution in [0.4, 0.5) is 24.5 Å². The monoisotopic (exact) mass is 297 g/mol. The Kier molecular flexibility index (Phi) is 4.31. The number of nitrogen functional groups attached to an aromatic ring is 1. The van der Waals surface area contributed by atoms with Crippen LogP contribution in [0, 0.1) is 0 Å². The molecule has 1 aromatic carbocycles. The first-order valence-electron chi connectivity index (χ1n) is 5.17. The van der Waals surface area contributed by atoms with E-state index in [1.807, 2.05) is 0 Å². The lowest BCUT2D eigenvalue weighted by Crippen LogP contribution is -2.24. The largest absolute Gasteiger partial charge is 0.405 e. The van der Waals surface area contributed by atoms with Gasteiger partial charge >= 0.3 is 6.18 Å². The van der Waals surface area contributed by atoms with E-state index in [-0.39, 0.29) is 16.3 Å². The standard InChI is InChI=1S/C10H14F3N3O2S/c1-16(2)19(17,18)7-3-4-8(14)9(5-7)15-6-10(11,12)13/h3-5,15H,6,14H2,1-2H3. The number of benzene rings is 1. The molecule has 0 spiro atoms. The minimum atomic E-state index is -4.41. The second-order valence-electron chi connectivity index (χ2n) is 4.01. The maximum atomic E-state index is 12.1. The molecule has 0 aliphatic carbocycles. The summed E-state index contributed by atoms with van der Waals surface area (Å²) < 4.78 is 60.9. The van der Waals surface area contributed by atoms with Crippen LogP contribution in [0.3, 0.4) is 0 Å². The zero-order valence-electron chi connectivity index (χ0n) is 10.3. The Morgan fingerprint density at radius 1 is 1.32 bits per heavy atom. The molecule has 108 valence electrons. The van der Waals surface area contributed by atoms with Crippen LogP contribution in [0.5, 0.6) is 0 Å². The summed E-state index contributed by atoms with van der Waals surface area (Å²) in [7, 11) is -1.06. The van der Waals surface area contributed by atoms with Crippen LogP contribution >= 0.6 is 0 Å². The van der Waals surface area contributed by atoms with Crippen molar-refractivity contribution in [2.75, 3.05) is 31.7 Å². The average Bonchev–Trinajstić information content (AvgIpc) is 2.26. The van der Waals surface area contributed by atoms with Crippen molar-refractivity contribution < 1.29 is 21.6 Å². The van der Waals surface area contributed by atoms with E-state index in [0.29, 0.717) is 0 Å². The van der Waals surface area contributed by atoms with E-state index in [9.17, 15) is 21.6 Å².